The van der Waals surface area contributed by atoms with E-state index in [9.17, 15) is 14.2 Å². The van der Waals surface area contributed by atoms with E-state index in [0.717, 1.165) is 5.69 Å². The van der Waals surface area contributed by atoms with Crippen LogP contribution in [0.1, 0.15) is 12.8 Å². The summed E-state index contributed by atoms with van der Waals surface area (Å²) in [5.74, 6) is 0.949. The molecule has 0 atom stereocenters. The number of methoxy groups -OCH3 is 1. The van der Waals surface area contributed by atoms with Crippen molar-refractivity contribution in [2.24, 2.45) is 5.73 Å². The lowest BCUT2D eigenvalue weighted by Crippen LogP contribution is -2.49. The van der Waals surface area contributed by atoms with E-state index in [4.69, 9.17) is 41.0 Å². The first-order valence-electron chi connectivity index (χ1n) is 17.1. The summed E-state index contributed by atoms with van der Waals surface area (Å²) < 4.78 is 40.2. The van der Waals surface area contributed by atoms with Crippen LogP contribution < -0.4 is 31.3 Å². The maximum atomic E-state index is 12.8. The summed E-state index contributed by atoms with van der Waals surface area (Å²) >= 11 is 6.43. The maximum Gasteiger partial charge on any atom is 0.229 e. The zero-order valence-electron chi connectivity index (χ0n) is 30.0. The maximum absolute atomic E-state index is 12.8. The summed E-state index contributed by atoms with van der Waals surface area (Å²) in [5, 5.41) is 7.45. The van der Waals surface area contributed by atoms with Gasteiger partial charge in [-0.25, -0.2) is 4.98 Å². The minimum Gasteiger partial charge on any atom is -0.494 e. The van der Waals surface area contributed by atoms with E-state index in [1.165, 1.54) is 6.20 Å². The molecule has 1 aromatic heterocycles. The minimum atomic E-state index is -2.55. The van der Waals surface area contributed by atoms with Gasteiger partial charge in [-0.05, 0) is 37.6 Å². The van der Waals surface area contributed by atoms with Crippen LogP contribution in [0.3, 0.4) is 0 Å². The van der Waals surface area contributed by atoms with Gasteiger partial charge in [0.25, 0.3) is 0 Å². The van der Waals surface area contributed by atoms with Crippen molar-refractivity contribution in [3.05, 3.63) is 53.7 Å². The van der Waals surface area contributed by atoms with Gasteiger partial charge in [-0.3, -0.25) is 9.59 Å². The number of para-hydroxylation sites is 1. The van der Waals surface area contributed by atoms with Crippen molar-refractivity contribution in [2.75, 3.05) is 115 Å². The van der Waals surface area contributed by atoms with Crippen LogP contribution in [0, 0.1) is 0 Å². The Labute approximate surface area is 309 Å². The summed E-state index contributed by atoms with van der Waals surface area (Å²) in [6.07, 6.45) is 2.00. The molecule has 0 bridgehead atoms. The zero-order chi connectivity index (χ0) is 37.3. The Kier molecular flexibility index (Phi) is 16.4. The number of carbonyl (C=O) groups excluding carboxylic acids is 2. The highest BCUT2D eigenvalue weighted by atomic mass is 35.5. The fourth-order valence-electron chi connectivity index (χ4n) is 5.26. The van der Waals surface area contributed by atoms with Crippen molar-refractivity contribution < 1.29 is 37.8 Å². The van der Waals surface area contributed by atoms with Crippen molar-refractivity contribution >= 4 is 64.7 Å². The predicted octanol–water partition coefficient (Wildman–Crippen LogP) is 3.85. The van der Waals surface area contributed by atoms with Crippen LogP contribution in [-0.4, -0.2) is 126 Å². The molecular formula is C35H49ClN7O8P. The number of benzene rings is 2. The molecule has 4 rings (SSSR count). The number of aromatic nitrogens is 2. The molecule has 0 radical (unpaired) electrons. The van der Waals surface area contributed by atoms with Gasteiger partial charge in [0.2, 0.25) is 17.8 Å². The quantitative estimate of drug-likeness (QED) is 0.0994. The van der Waals surface area contributed by atoms with Crippen molar-refractivity contribution in [1.82, 2.24) is 14.9 Å². The lowest BCUT2D eigenvalue weighted by molar-refractivity contribution is -0.132. The number of primary amides is 1. The summed E-state index contributed by atoms with van der Waals surface area (Å²) in [5.41, 5.74) is 7.35. The molecule has 284 valence electrons. The van der Waals surface area contributed by atoms with E-state index < -0.39 is 13.0 Å². The van der Waals surface area contributed by atoms with E-state index in [2.05, 4.69) is 25.5 Å². The Hall–Kier alpha value is -3.98. The van der Waals surface area contributed by atoms with Crippen LogP contribution >= 0.6 is 18.7 Å². The van der Waals surface area contributed by atoms with Crippen molar-refractivity contribution in [2.45, 2.75) is 12.8 Å². The monoisotopic (exact) mass is 761 g/mol. The highest BCUT2D eigenvalue weighted by Crippen LogP contribution is 2.39. The van der Waals surface area contributed by atoms with E-state index in [1.54, 1.807) is 20.4 Å². The second-order valence-electron chi connectivity index (χ2n) is 12.2. The number of nitrogens with one attached hydrogen (secondary N) is 2. The Balaban J connectivity index is 1.16. The summed E-state index contributed by atoms with van der Waals surface area (Å²) in [6, 6.07) is 13.2. The number of hydrogen-bond donors (Lipinski definition) is 3. The van der Waals surface area contributed by atoms with Gasteiger partial charge in [0, 0.05) is 49.7 Å². The topological polar surface area (TPSA) is 180 Å². The molecule has 0 unspecified atom stereocenters. The fraction of sp³-hybridized carbons (Fsp3) is 0.486. The van der Waals surface area contributed by atoms with Crippen LogP contribution in [0.25, 0.3) is 0 Å². The number of nitrogens with two attached hydrogens (primary N) is 1. The van der Waals surface area contributed by atoms with Gasteiger partial charge in [-0.15, -0.1) is 0 Å². The van der Waals surface area contributed by atoms with Gasteiger partial charge in [-0.1, -0.05) is 23.7 Å². The van der Waals surface area contributed by atoms with Crippen LogP contribution in [0.15, 0.2) is 48.7 Å². The molecule has 1 aliphatic heterocycles. The van der Waals surface area contributed by atoms with E-state index in [-0.39, 0.29) is 12.3 Å². The first-order chi connectivity index (χ1) is 25.0. The van der Waals surface area contributed by atoms with Crippen LogP contribution in [0.5, 0.6) is 5.75 Å². The Bertz CT molecular complexity index is 1660. The Morgan fingerprint density at radius 3 is 2.08 bits per heavy atom. The minimum absolute atomic E-state index is 0.0582. The Morgan fingerprint density at radius 2 is 1.46 bits per heavy atom. The molecule has 1 aliphatic rings. The molecule has 2 aromatic carbocycles. The van der Waals surface area contributed by atoms with Crippen LogP contribution in [-0.2, 0) is 33.1 Å². The van der Waals surface area contributed by atoms with Gasteiger partial charge in [0.15, 0.2) is 5.82 Å². The average Bonchev–Trinajstić information content (AvgIpc) is 3.13. The summed E-state index contributed by atoms with van der Waals surface area (Å²) in [6.45, 7) is 9.07. The number of carbonyl (C=O) groups is 2. The molecule has 1 fully saturated rings. The molecule has 1 saturated heterocycles. The third-order valence-electron chi connectivity index (χ3n) is 7.98. The second kappa shape index (κ2) is 20.9. The lowest BCUT2D eigenvalue weighted by Gasteiger charge is -2.36. The number of piperazine rings is 1. The smallest absolute Gasteiger partial charge is 0.229 e. The van der Waals surface area contributed by atoms with Gasteiger partial charge in [-0.2, -0.15) is 4.98 Å². The third-order valence-corrected chi connectivity index (χ3v) is 9.81. The van der Waals surface area contributed by atoms with Gasteiger partial charge in [0.05, 0.1) is 84.0 Å². The SMILES string of the molecule is COc1cc(N2CCN(C(=O)CCOCCOCCOCCOCCC(N)=O)CC2)ccc1Nc1ncc(Cl)c(Nc2ccccc2P(C)(C)=O)n1. The van der Waals surface area contributed by atoms with Gasteiger partial charge < -0.3 is 54.4 Å². The second-order valence-corrected chi connectivity index (χ2v) is 15.8. The molecule has 15 nitrogen and oxygen atoms in total. The molecule has 52 heavy (non-hydrogen) atoms. The molecule has 17 heteroatoms. The molecule has 3 aromatic rings. The number of ether oxygens (including phenoxy) is 5. The highest BCUT2D eigenvalue weighted by Gasteiger charge is 2.22. The van der Waals surface area contributed by atoms with Crippen LogP contribution in [0.4, 0.5) is 28.8 Å². The van der Waals surface area contributed by atoms with E-state index in [0.29, 0.717) is 125 Å². The number of halogens is 1. The molecule has 0 aliphatic carbocycles. The van der Waals surface area contributed by atoms with Crippen molar-refractivity contribution in [3.63, 3.8) is 0 Å². The van der Waals surface area contributed by atoms with Crippen molar-refractivity contribution in [1.29, 1.82) is 0 Å². The van der Waals surface area contributed by atoms with E-state index >= 15 is 0 Å². The molecule has 0 spiro atoms. The van der Waals surface area contributed by atoms with Crippen molar-refractivity contribution in [3.8, 4) is 5.75 Å². The number of amides is 2. The number of nitrogens with zero attached hydrogens (tertiary/aromatic N) is 4. The number of anilines is 5. The van der Waals surface area contributed by atoms with Gasteiger partial charge in [0.1, 0.15) is 17.9 Å². The summed E-state index contributed by atoms with van der Waals surface area (Å²) in [4.78, 5) is 36.4. The molecular weight excluding hydrogens is 713 g/mol. The van der Waals surface area contributed by atoms with E-state index in [1.807, 2.05) is 47.4 Å². The van der Waals surface area contributed by atoms with Gasteiger partial charge >= 0.3 is 0 Å². The number of hydrogen-bond acceptors (Lipinski definition) is 13. The first-order valence-corrected chi connectivity index (χ1v) is 20.0. The molecule has 4 N–H and O–H groups in total. The highest BCUT2D eigenvalue weighted by molar-refractivity contribution is 7.70. The normalized spacial score (nSPS) is 13.2. The predicted molar refractivity (Wildman–Crippen MR) is 203 cm³/mol. The zero-order valence-corrected chi connectivity index (χ0v) is 31.6. The first kappa shape index (κ1) is 40.8. The molecule has 2 heterocycles. The molecule has 2 amide bonds. The molecule has 0 saturated carbocycles. The lowest BCUT2D eigenvalue weighted by atomic mass is 10.2. The Morgan fingerprint density at radius 1 is 0.846 bits per heavy atom. The average molecular weight is 762 g/mol. The fourth-order valence-corrected chi connectivity index (χ4v) is 6.55. The standard InChI is InChI=1S/C35H49ClN7O8P/c1-47-30-24-26(8-9-28(30)40-35-38-25-27(36)34(41-35)39-29-6-4-5-7-31(29)52(2,3)46)42-12-14-43(15-13-42)33(45)11-17-49-19-21-51-23-22-50-20-18-48-16-10-32(37)44/h4-9,24-25H,10-23H2,1-3H3,(H2,37,44)(H2,38,39,40,41). The van der Waals surface area contributed by atoms with Crippen LogP contribution in [0.2, 0.25) is 5.02 Å². The summed E-state index contributed by atoms with van der Waals surface area (Å²) in [7, 11) is -0.955. The third kappa shape index (κ3) is 13.2. The number of rotatable bonds is 22. The largest absolute Gasteiger partial charge is 0.494 e.